The minimum absolute atomic E-state index is 0.0719. The van der Waals surface area contributed by atoms with Crippen LogP contribution >= 0.6 is 0 Å². The van der Waals surface area contributed by atoms with Gasteiger partial charge in [0, 0.05) is 12.5 Å². The summed E-state index contributed by atoms with van der Waals surface area (Å²) < 4.78 is 5.05. The fourth-order valence-corrected chi connectivity index (χ4v) is 1.33. The maximum atomic E-state index is 10.6. The van der Waals surface area contributed by atoms with Crippen LogP contribution in [0.4, 0.5) is 0 Å². The topological polar surface area (TPSA) is 79.5 Å². The monoisotopic (exact) mass is 239 g/mol. The maximum absolute atomic E-state index is 10.6. The molecule has 0 aliphatic rings. The van der Waals surface area contributed by atoms with Gasteiger partial charge in [-0.15, -0.1) is 6.58 Å². The summed E-state index contributed by atoms with van der Waals surface area (Å²) in [6, 6.07) is 0. The molecule has 0 fully saturated rings. The molecular formula is C11H17N3O3. The van der Waals surface area contributed by atoms with Crippen LogP contribution < -0.4 is 0 Å². The number of carbonyl (C=O) groups is 1. The lowest BCUT2D eigenvalue weighted by Crippen LogP contribution is -2.29. The molecule has 0 aliphatic heterocycles. The van der Waals surface area contributed by atoms with Crippen molar-refractivity contribution >= 4 is 5.97 Å². The highest BCUT2D eigenvalue weighted by Gasteiger charge is 2.14. The number of carboxylic acid groups (broad SMARTS) is 1. The van der Waals surface area contributed by atoms with Crippen LogP contribution in [0.25, 0.3) is 0 Å². The molecule has 0 unspecified atom stereocenters. The van der Waals surface area contributed by atoms with Gasteiger partial charge in [0.05, 0.1) is 13.1 Å². The number of rotatable bonds is 7. The van der Waals surface area contributed by atoms with Gasteiger partial charge in [0.15, 0.2) is 5.82 Å². The fourth-order valence-electron chi connectivity index (χ4n) is 1.33. The molecule has 1 aromatic rings. The van der Waals surface area contributed by atoms with Gasteiger partial charge in [-0.05, 0) is 0 Å². The number of aliphatic carboxylic acids is 1. The van der Waals surface area contributed by atoms with Gasteiger partial charge in [0.25, 0.3) is 0 Å². The third-order valence-corrected chi connectivity index (χ3v) is 2.09. The zero-order valence-electron chi connectivity index (χ0n) is 10.1. The predicted octanol–water partition coefficient (Wildman–Crippen LogP) is 1.27. The third-order valence-electron chi connectivity index (χ3n) is 2.09. The van der Waals surface area contributed by atoms with E-state index in [4.69, 9.17) is 9.63 Å². The second-order valence-electron chi connectivity index (χ2n) is 4.06. The van der Waals surface area contributed by atoms with Crippen LogP contribution in [0.5, 0.6) is 0 Å². The van der Waals surface area contributed by atoms with Crippen LogP contribution in [-0.2, 0) is 11.3 Å². The largest absolute Gasteiger partial charge is 0.480 e. The minimum atomic E-state index is -0.889. The Morgan fingerprint density at radius 2 is 2.35 bits per heavy atom. The molecule has 0 saturated carbocycles. The SMILES string of the molecule is C=CCN(CC(=O)O)Cc1noc(C(C)C)n1. The Morgan fingerprint density at radius 1 is 1.65 bits per heavy atom. The Hall–Kier alpha value is -1.69. The molecule has 0 aromatic carbocycles. The molecule has 0 aliphatic carbocycles. The second kappa shape index (κ2) is 6.15. The smallest absolute Gasteiger partial charge is 0.317 e. The minimum Gasteiger partial charge on any atom is -0.480 e. The highest BCUT2D eigenvalue weighted by molar-refractivity contribution is 5.69. The quantitative estimate of drug-likeness (QED) is 0.722. The van der Waals surface area contributed by atoms with Crippen molar-refractivity contribution in [3.8, 4) is 0 Å². The van der Waals surface area contributed by atoms with E-state index in [1.165, 1.54) is 0 Å². The summed E-state index contributed by atoms with van der Waals surface area (Å²) in [6.07, 6.45) is 1.65. The second-order valence-corrected chi connectivity index (χ2v) is 4.06. The van der Waals surface area contributed by atoms with E-state index in [1.54, 1.807) is 11.0 Å². The Bertz CT molecular complexity index is 387. The van der Waals surface area contributed by atoms with E-state index in [0.29, 0.717) is 24.8 Å². The first-order chi connectivity index (χ1) is 8.02. The highest BCUT2D eigenvalue weighted by atomic mass is 16.5. The summed E-state index contributed by atoms with van der Waals surface area (Å²) in [4.78, 5) is 16.5. The molecule has 0 atom stereocenters. The van der Waals surface area contributed by atoms with Crippen molar-refractivity contribution in [2.75, 3.05) is 13.1 Å². The van der Waals surface area contributed by atoms with Gasteiger partial charge in [-0.25, -0.2) is 0 Å². The van der Waals surface area contributed by atoms with Crippen molar-refractivity contribution in [3.63, 3.8) is 0 Å². The first-order valence-corrected chi connectivity index (χ1v) is 5.40. The summed E-state index contributed by atoms with van der Waals surface area (Å²) in [5, 5.41) is 12.6. The normalized spacial score (nSPS) is 11.1. The predicted molar refractivity (Wildman–Crippen MR) is 61.5 cm³/mol. The molecule has 0 saturated heterocycles. The summed E-state index contributed by atoms with van der Waals surface area (Å²) in [5.74, 6) is 0.341. The molecule has 6 nitrogen and oxygen atoms in total. The van der Waals surface area contributed by atoms with Gasteiger partial charge in [-0.3, -0.25) is 9.69 Å². The summed E-state index contributed by atoms with van der Waals surface area (Å²) >= 11 is 0. The molecule has 1 heterocycles. The average molecular weight is 239 g/mol. The molecule has 1 aromatic heterocycles. The van der Waals surface area contributed by atoms with Gasteiger partial charge in [-0.2, -0.15) is 4.98 Å². The van der Waals surface area contributed by atoms with Crippen LogP contribution in [0.15, 0.2) is 17.2 Å². The first-order valence-electron chi connectivity index (χ1n) is 5.40. The van der Waals surface area contributed by atoms with E-state index in [0.717, 1.165) is 0 Å². The van der Waals surface area contributed by atoms with Crippen molar-refractivity contribution in [1.82, 2.24) is 15.0 Å². The Morgan fingerprint density at radius 3 is 2.82 bits per heavy atom. The van der Waals surface area contributed by atoms with E-state index in [2.05, 4.69) is 16.7 Å². The van der Waals surface area contributed by atoms with E-state index >= 15 is 0 Å². The summed E-state index contributed by atoms with van der Waals surface area (Å²) in [5.41, 5.74) is 0. The van der Waals surface area contributed by atoms with Gasteiger partial charge in [0.2, 0.25) is 5.89 Å². The van der Waals surface area contributed by atoms with E-state index in [1.807, 2.05) is 13.8 Å². The van der Waals surface area contributed by atoms with Crippen molar-refractivity contribution in [3.05, 3.63) is 24.4 Å². The average Bonchev–Trinajstić information content (AvgIpc) is 2.65. The number of hydrogen-bond acceptors (Lipinski definition) is 5. The summed E-state index contributed by atoms with van der Waals surface area (Å²) in [7, 11) is 0. The van der Waals surface area contributed by atoms with E-state index < -0.39 is 5.97 Å². The van der Waals surface area contributed by atoms with Gasteiger partial charge >= 0.3 is 5.97 Å². The zero-order valence-corrected chi connectivity index (χ0v) is 10.1. The number of nitrogens with zero attached hydrogens (tertiary/aromatic N) is 3. The Balaban J connectivity index is 2.64. The van der Waals surface area contributed by atoms with Crippen molar-refractivity contribution < 1.29 is 14.4 Å². The zero-order chi connectivity index (χ0) is 12.8. The lowest BCUT2D eigenvalue weighted by atomic mass is 10.2. The van der Waals surface area contributed by atoms with Crippen LogP contribution in [0.3, 0.4) is 0 Å². The van der Waals surface area contributed by atoms with Crippen LogP contribution in [0.2, 0.25) is 0 Å². The van der Waals surface area contributed by atoms with Gasteiger partial charge in [0.1, 0.15) is 0 Å². The lowest BCUT2D eigenvalue weighted by molar-refractivity contribution is -0.138. The molecule has 17 heavy (non-hydrogen) atoms. The molecule has 0 spiro atoms. The molecule has 94 valence electrons. The Kier molecular flexibility index (Phi) is 4.84. The molecule has 1 N–H and O–H groups in total. The lowest BCUT2D eigenvalue weighted by Gasteiger charge is -2.15. The molecule has 0 bridgehead atoms. The Labute approximate surface area is 99.9 Å². The van der Waals surface area contributed by atoms with Crippen molar-refractivity contribution in [2.24, 2.45) is 0 Å². The van der Waals surface area contributed by atoms with E-state index in [9.17, 15) is 4.79 Å². The van der Waals surface area contributed by atoms with Crippen LogP contribution in [0.1, 0.15) is 31.5 Å². The molecule has 6 heteroatoms. The highest BCUT2D eigenvalue weighted by Crippen LogP contribution is 2.11. The van der Waals surface area contributed by atoms with Gasteiger partial charge in [-0.1, -0.05) is 25.1 Å². The number of aromatic nitrogens is 2. The first kappa shape index (κ1) is 13.4. The molecule has 0 radical (unpaired) electrons. The standard InChI is InChI=1S/C11H17N3O3/c1-4-5-14(7-10(15)16)6-9-12-11(8(2)3)17-13-9/h4,8H,1,5-7H2,2-3H3,(H,15,16). The molecular weight excluding hydrogens is 222 g/mol. The molecule has 0 amide bonds. The van der Waals surface area contributed by atoms with Crippen LogP contribution in [0, 0.1) is 0 Å². The fraction of sp³-hybridized carbons (Fsp3) is 0.545. The van der Waals surface area contributed by atoms with E-state index in [-0.39, 0.29) is 12.5 Å². The van der Waals surface area contributed by atoms with Gasteiger partial charge < -0.3 is 9.63 Å². The third kappa shape index (κ3) is 4.36. The van der Waals surface area contributed by atoms with Crippen LogP contribution in [-0.4, -0.2) is 39.2 Å². The number of carboxylic acids is 1. The number of hydrogen-bond donors (Lipinski definition) is 1. The molecule has 1 rings (SSSR count). The maximum Gasteiger partial charge on any atom is 0.317 e. The van der Waals surface area contributed by atoms with Crippen molar-refractivity contribution in [1.29, 1.82) is 0 Å². The summed E-state index contributed by atoms with van der Waals surface area (Å²) in [6.45, 7) is 8.23. The van der Waals surface area contributed by atoms with Crippen molar-refractivity contribution in [2.45, 2.75) is 26.3 Å².